The molecule has 0 radical (unpaired) electrons. The maximum Gasteiger partial charge on any atom is 0.330 e. The fourth-order valence-corrected chi connectivity index (χ4v) is 6.94. The van der Waals surface area contributed by atoms with Gasteiger partial charge in [0.05, 0.1) is 5.69 Å². The molecular weight excluding hydrogens is 530 g/mol. The van der Waals surface area contributed by atoms with Gasteiger partial charge in [0.25, 0.3) is 10.0 Å². The van der Waals surface area contributed by atoms with E-state index in [0.29, 0.717) is 6.42 Å². The second-order valence-corrected chi connectivity index (χ2v) is 12.2. The Balaban J connectivity index is 1.36. The molecular formula is C26H20ClN5O3S2. The van der Waals surface area contributed by atoms with E-state index in [9.17, 15) is 8.42 Å². The molecule has 0 aliphatic heterocycles. The van der Waals surface area contributed by atoms with Crippen molar-refractivity contribution in [3.05, 3.63) is 88.4 Å². The molecule has 0 atom stereocenters. The van der Waals surface area contributed by atoms with Gasteiger partial charge in [0.15, 0.2) is 0 Å². The minimum Gasteiger partial charge on any atom is -0.403 e. The summed E-state index contributed by atoms with van der Waals surface area (Å²) >= 11 is 6.78. The van der Waals surface area contributed by atoms with Crippen LogP contribution in [-0.4, -0.2) is 23.2 Å². The lowest BCUT2D eigenvalue weighted by Gasteiger charge is -2.06. The zero-order valence-corrected chi connectivity index (χ0v) is 21.9. The monoisotopic (exact) mass is 549 g/mol. The summed E-state index contributed by atoms with van der Waals surface area (Å²) < 4.78 is 35.7. The highest BCUT2D eigenvalue weighted by molar-refractivity contribution is 7.94. The molecule has 0 amide bonds. The summed E-state index contributed by atoms with van der Waals surface area (Å²) in [5, 5.41) is 11.4. The fraction of sp³-hybridized carbons (Fsp3) is 0.0769. The first-order valence-corrected chi connectivity index (χ1v) is 13.9. The molecule has 8 nitrogen and oxygen atoms in total. The summed E-state index contributed by atoms with van der Waals surface area (Å²) in [6.45, 7) is 0. The Bertz CT molecular complexity index is 1890. The number of halogens is 1. The Morgan fingerprint density at radius 1 is 1.05 bits per heavy atom. The molecule has 6 rings (SSSR count). The van der Waals surface area contributed by atoms with Crippen LogP contribution in [0.15, 0.2) is 81.6 Å². The Labute approximate surface area is 221 Å². The number of hydrogen-bond acceptors (Lipinski definition) is 7. The van der Waals surface area contributed by atoms with Crippen LogP contribution in [0.3, 0.4) is 0 Å². The number of benzene rings is 3. The maximum absolute atomic E-state index is 12.7. The Kier molecular flexibility index (Phi) is 5.67. The van der Waals surface area contributed by atoms with Crippen molar-refractivity contribution >= 4 is 66.3 Å². The van der Waals surface area contributed by atoms with E-state index in [1.807, 2.05) is 37.4 Å². The topological polar surface area (TPSA) is 116 Å². The van der Waals surface area contributed by atoms with Gasteiger partial charge >= 0.3 is 6.01 Å². The third-order valence-corrected chi connectivity index (χ3v) is 9.32. The number of rotatable bonds is 6. The zero-order valence-electron chi connectivity index (χ0n) is 19.5. The van der Waals surface area contributed by atoms with Gasteiger partial charge in [-0.3, -0.25) is 0 Å². The Morgan fingerprint density at radius 3 is 2.65 bits per heavy atom. The summed E-state index contributed by atoms with van der Waals surface area (Å²) in [6, 6.07) is 21.6. The molecule has 3 aromatic heterocycles. The number of nitrogens with two attached hydrogens (primary N) is 1. The van der Waals surface area contributed by atoms with Crippen LogP contribution in [0.4, 0.5) is 11.7 Å². The molecule has 0 bridgehead atoms. The molecule has 6 aromatic rings. The van der Waals surface area contributed by atoms with Crippen molar-refractivity contribution in [3.8, 4) is 11.5 Å². The third-order valence-electron chi connectivity index (χ3n) is 6.13. The summed E-state index contributed by atoms with van der Waals surface area (Å²) in [7, 11) is -2.00. The standard InChI is InChI=1S/C26H20ClN5O3S2/c1-32-14-18(12-15-9-10-16-5-2-3-6-17(16)11-15)23-19(7-4-8-21(23)32)25-29-30-26(35-25)31-37(33,34)22-13-20(28)24(27)36-22/h2-11,13-14H,12,28H2,1H3,(H,30,31). The predicted molar refractivity (Wildman–Crippen MR) is 148 cm³/mol. The maximum atomic E-state index is 12.7. The van der Waals surface area contributed by atoms with Crippen molar-refractivity contribution in [3.63, 3.8) is 0 Å². The van der Waals surface area contributed by atoms with Crippen LogP contribution in [0, 0.1) is 0 Å². The Morgan fingerprint density at radius 2 is 1.86 bits per heavy atom. The molecule has 3 N–H and O–H groups in total. The van der Waals surface area contributed by atoms with Crippen molar-refractivity contribution < 1.29 is 12.8 Å². The number of nitrogens with one attached hydrogen (secondary N) is 1. The summed E-state index contributed by atoms with van der Waals surface area (Å²) in [6.07, 6.45) is 2.79. The summed E-state index contributed by atoms with van der Waals surface area (Å²) in [5.74, 6) is 0.206. The van der Waals surface area contributed by atoms with E-state index < -0.39 is 10.0 Å². The van der Waals surface area contributed by atoms with Gasteiger partial charge in [0.2, 0.25) is 5.89 Å². The largest absolute Gasteiger partial charge is 0.403 e. The van der Waals surface area contributed by atoms with Crippen LogP contribution in [0.5, 0.6) is 0 Å². The molecule has 3 aromatic carbocycles. The lowest BCUT2D eigenvalue weighted by atomic mass is 9.98. The van der Waals surface area contributed by atoms with E-state index >= 15 is 0 Å². The number of aryl methyl sites for hydroxylation is 1. The lowest BCUT2D eigenvalue weighted by molar-refractivity contribution is 0.578. The molecule has 0 saturated heterocycles. The number of aromatic nitrogens is 3. The first-order chi connectivity index (χ1) is 17.8. The van der Waals surface area contributed by atoms with Gasteiger partial charge < -0.3 is 14.7 Å². The number of nitrogens with zero attached hydrogens (tertiary/aromatic N) is 3. The fourth-order valence-electron chi connectivity index (χ4n) is 4.45. The Hall–Kier alpha value is -3.86. The van der Waals surface area contributed by atoms with Crippen LogP contribution in [0.25, 0.3) is 33.1 Å². The van der Waals surface area contributed by atoms with Gasteiger partial charge in [0.1, 0.15) is 8.55 Å². The van der Waals surface area contributed by atoms with Crippen LogP contribution >= 0.6 is 22.9 Å². The molecule has 0 spiro atoms. The van der Waals surface area contributed by atoms with Crippen LogP contribution in [0.1, 0.15) is 11.1 Å². The number of thiophene rings is 1. The van der Waals surface area contributed by atoms with Crippen LogP contribution < -0.4 is 10.5 Å². The second kappa shape index (κ2) is 8.91. The smallest absolute Gasteiger partial charge is 0.330 e. The first-order valence-electron chi connectivity index (χ1n) is 11.2. The van der Waals surface area contributed by atoms with E-state index in [2.05, 4.69) is 56.0 Å². The molecule has 0 aliphatic carbocycles. The zero-order chi connectivity index (χ0) is 25.7. The van der Waals surface area contributed by atoms with Crippen molar-refractivity contribution in [2.24, 2.45) is 7.05 Å². The van der Waals surface area contributed by atoms with Gasteiger partial charge in [-0.1, -0.05) is 65.2 Å². The van der Waals surface area contributed by atoms with Crippen molar-refractivity contribution in [2.75, 3.05) is 10.5 Å². The number of hydrogen-bond donors (Lipinski definition) is 2. The van der Waals surface area contributed by atoms with Gasteiger partial charge in [-0.25, -0.2) is 13.1 Å². The molecule has 0 saturated carbocycles. The summed E-state index contributed by atoms with van der Waals surface area (Å²) in [4.78, 5) is 0. The SMILES string of the molecule is Cn1cc(Cc2ccc3ccccc3c2)c2c(-c3nnc(NS(=O)(=O)c4cc(N)c(Cl)s4)o3)cccc21. The van der Waals surface area contributed by atoms with Crippen LogP contribution in [0.2, 0.25) is 4.34 Å². The van der Waals surface area contributed by atoms with Gasteiger partial charge in [-0.05, 0) is 46.5 Å². The van der Waals surface area contributed by atoms with Gasteiger partial charge in [-0.15, -0.1) is 16.4 Å². The van der Waals surface area contributed by atoms with E-state index in [4.69, 9.17) is 21.8 Å². The lowest BCUT2D eigenvalue weighted by Crippen LogP contribution is -2.11. The highest BCUT2D eigenvalue weighted by Gasteiger charge is 2.23. The van der Waals surface area contributed by atoms with E-state index in [1.54, 1.807) is 0 Å². The highest BCUT2D eigenvalue weighted by Crippen LogP contribution is 2.36. The molecule has 186 valence electrons. The number of fused-ring (bicyclic) bond motifs is 2. The van der Waals surface area contributed by atoms with Crippen molar-refractivity contribution in [1.29, 1.82) is 0 Å². The molecule has 37 heavy (non-hydrogen) atoms. The highest BCUT2D eigenvalue weighted by atomic mass is 35.5. The minimum absolute atomic E-state index is 0.0439. The van der Waals surface area contributed by atoms with Gasteiger partial charge in [0, 0.05) is 29.7 Å². The van der Waals surface area contributed by atoms with Crippen molar-refractivity contribution in [1.82, 2.24) is 14.8 Å². The molecule has 0 unspecified atom stereocenters. The average Bonchev–Trinajstić information content (AvgIpc) is 3.57. The third kappa shape index (κ3) is 4.33. The number of sulfonamides is 1. The molecule has 0 aliphatic rings. The van der Waals surface area contributed by atoms with E-state index in [0.717, 1.165) is 33.4 Å². The minimum atomic E-state index is -3.99. The summed E-state index contributed by atoms with van der Waals surface area (Å²) in [5.41, 5.74) is 9.86. The average molecular weight is 550 g/mol. The van der Waals surface area contributed by atoms with Crippen LogP contribution in [-0.2, 0) is 23.5 Å². The first kappa shape index (κ1) is 23.5. The predicted octanol–water partition coefficient (Wildman–Crippen LogP) is 6.07. The second-order valence-electron chi connectivity index (χ2n) is 8.64. The van der Waals surface area contributed by atoms with E-state index in [1.165, 1.54) is 22.4 Å². The quantitative estimate of drug-likeness (QED) is 0.260. The van der Waals surface area contributed by atoms with Crippen molar-refractivity contribution in [2.45, 2.75) is 10.6 Å². The number of anilines is 2. The normalized spacial score (nSPS) is 11.9. The molecule has 3 heterocycles. The number of nitrogen functional groups attached to an aromatic ring is 1. The molecule has 11 heteroatoms. The molecule has 0 fully saturated rings. The van der Waals surface area contributed by atoms with Gasteiger partial charge in [-0.2, -0.15) is 0 Å². The van der Waals surface area contributed by atoms with E-state index in [-0.39, 0.29) is 26.1 Å².